The topological polar surface area (TPSA) is 69.7 Å². The Morgan fingerprint density at radius 3 is 1.63 bits per heavy atom. The highest BCUT2D eigenvalue weighted by atomic mass is 16.5. The summed E-state index contributed by atoms with van der Waals surface area (Å²) in [6.45, 7) is 17.3. The van der Waals surface area contributed by atoms with E-state index in [0.717, 1.165) is 34.8 Å². The van der Waals surface area contributed by atoms with Crippen molar-refractivity contribution in [1.29, 1.82) is 0 Å². The van der Waals surface area contributed by atoms with Gasteiger partial charge < -0.3 is 9.47 Å². The molecule has 2 aromatic rings. The number of ether oxygens (including phenoxy) is 2. The zero-order chi connectivity index (χ0) is 23.3. The first-order valence-electron chi connectivity index (χ1n) is 10.0. The summed E-state index contributed by atoms with van der Waals surface area (Å²) in [6, 6.07) is 8.31. The van der Waals surface area contributed by atoms with Crippen molar-refractivity contribution in [2.45, 2.75) is 61.8 Å². The first kappa shape index (κ1) is 27.1. The Hall–Kier alpha value is -2.91. The van der Waals surface area contributed by atoms with Gasteiger partial charge in [-0.3, -0.25) is 4.79 Å². The number of hydrogen-bond donors (Lipinski definition) is 0. The van der Waals surface area contributed by atoms with E-state index in [2.05, 4.69) is 32.9 Å². The molecule has 0 aliphatic carbocycles. The molecule has 30 heavy (non-hydrogen) atoms. The van der Waals surface area contributed by atoms with E-state index in [1.54, 1.807) is 6.92 Å². The number of rotatable bonds is 6. The molecule has 164 valence electrons. The van der Waals surface area contributed by atoms with Crippen LogP contribution in [0.15, 0.2) is 24.3 Å². The first-order chi connectivity index (χ1) is 14.1. The van der Waals surface area contributed by atoms with Crippen LogP contribution in [-0.2, 0) is 20.8 Å². The summed E-state index contributed by atoms with van der Waals surface area (Å²) < 4.78 is 11.1. The molecular weight excluding hydrogens is 380 g/mol. The van der Waals surface area contributed by atoms with Crippen molar-refractivity contribution in [2.24, 2.45) is 0 Å². The number of Topliss-reactive ketones (excluding diaryl/α,β-unsaturated/α-hetero) is 1. The van der Waals surface area contributed by atoms with Crippen LogP contribution in [-0.4, -0.2) is 25.1 Å². The second kappa shape index (κ2) is 14.1. The van der Waals surface area contributed by atoms with Gasteiger partial charge in [0.25, 0.3) is 0 Å². The van der Waals surface area contributed by atoms with Crippen LogP contribution in [0.1, 0.15) is 54.2 Å². The molecule has 0 aliphatic rings. The maximum absolute atomic E-state index is 11.2. The fraction of sp³-hybridized carbons (Fsp3) is 0.440. The van der Waals surface area contributed by atoms with E-state index in [4.69, 9.17) is 19.1 Å². The minimum absolute atomic E-state index is 0.171. The first-order valence-corrected chi connectivity index (χ1v) is 10.0. The third-order valence-corrected chi connectivity index (χ3v) is 4.57. The zero-order valence-electron chi connectivity index (χ0n) is 19.5. The van der Waals surface area contributed by atoms with E-state index in [1.165, 1.54) is 16.7 Å². The van der Waals surface area contributed by atoms with Gasteiger partial charge in [-0.25, -0.2) is 0 Å². The zero-order valence-corrected chi connectivity index (χ0v) is 19.5. The Morgan fingerprint density at radius 1 is 0.767 bits per heavy atom. The molecule has 0 radical (unpaired) electrons. The molecule has 5 nitrogen and oxygen atoms in total. The second-order valence-electron chi connectivity index (χ2n) is 6.99. The largest absolute Gasteiger partial charge is 0.493 e. The van der Waals surface area contributed by atoms with Gasteiger partial charge in [-0.2, -0.15) is 9.59 Å². The molecule has 0 fully saturated rings. The summed E-state index contributed by atoms with van der Waals surface area (Å²) in [6.07, 6.45) is 0.711. The molecule has 0 saturated heterocycles. The molecule has 0 atom stereocenters. The highest BCUT2D eigenvalue weighted by Gasteiger charge is 2.11. The fourth-order valence-electron chi connectivity index (χ4n) is 2.95. The Labute approximate surface area is 180 Å². The minimum atomic E-state index is 0.171. The summed E-state index contributed by atoms with van der Waals surface area (Å²) >= 11 is 0. The average Bonchev–Trinajstić information content (AvgIpc) is 2.69. The molecular formula is C25H34O5. The van der Waals surface area contributed by atoms with Crippen LogP contribution < -0.4 is 9.47 Å². The molecule has 0 amide bonds. The maximum atomic E-state index is 11.2. The third-order valence-electron chi connectivity index (χ3n) is 4.57. The lowest BCUT2D eigenvalue weighted by Crippen LogP contribution is -2.05. The predicted octanol–water partition coefficient (Wildman–Crippen LogP) is 5.26. The lowest BCUT2D eigenvalue weighted by atomic mass is 9.99. The molecule has 0 bridgehead atoms. The molecule has 0 N–H and O–H groups in total. The van der Waals surface area contributed by atoms with E-state index < -0.39 is 0 Å². The van der Waals surface area contributed by atoms with Gasteiger partial charge in [0, 0.05) is 12.0 Å². The highest BCUT2D eigenvalue weighted by Crippen LogP contribution is 2.27. The van der Waals surface area contributed by atoms with Gasteiger partial charge in [0.05, 0.1) is 13.2 Å². The summed E-state index contributed by atoms with van der Waals surface area (Å²) in [7, 11) is 0. The van der Waals surface area contributed by atoms with Gasteiger partial charge in [-0.1, -0.05) is 24.3 Å². The van der Waals surface area contributed by atoms with Crippen LogP contribution >= 0.6 is 0 Å². The second-order valence-corrected chi connectivity index (χ2v) is 6.99. The van der Waals surface area contributed by atoms with E-state index >= 15 is 0 Å². The average molecular weight is 415 g/mol. The van der Waals surface area contributed by atoms with Crippen LogP contribution in [0.5, 0.6) is 11.5 Å². The predicted molar refractivity (Wildman–Crippen MR) is 118 cm³/mol. The van der Waals surface area contributed by atoms with Gasteiger partial charge in [0.15, 0.2) is 0 Å². The Morgan fingerprint density at radius 2 is 1.17 bits per heavy atom. The van der Waals surface area contributed by atoms with Crippen LogP contribution in [0.2, 0.25) is 0 Å². The summed E-state index contributed by atoms with van der Waals surface area (Å²) in [5.74, 6) is 2.11. The summed E-state index contributed by atoms with van der Waals surface area (Å²) in [4.78, 5) is 27.4. The molecule has 2 aromatic carbocycles. The Bertz CT molecular complexity index is 862. The van der Waals surface area contributed by atoms with E-state index in [9.17, 15) is 4.79 Å². The fourth-order valence-corrected chi connectivity index (χ4v) is 2.95. The smallest absolute Gasteiger partial charge is 0.373 e. The number of carbonyl (C=O) groups excluding carboxylic acids is 3. The lowest BCUT2D eigenvalue weighted by Gasteiger charge is -2.14. The van der Waals surface area contributed by atoms with Crippen molar-refractivity contribution >= 4 is 11.9 Å². The summed E-state index contributed by atoms with van der Waals surface area (Å²) in [5, 5.41) is 0. The Balaban J connectivity index is 0.000000505. The monoisotopic (exact) mass is 414 g/mol. The molecule has 2 rings (SSSR count). The number of carbonyl (C=O) groups is 1. The normalized spacial score (nSPS) is 9.33. The molecule has 0 spiro atoms. The van der Waals surface area contributed by atoms with Crippen molar-refractivity contribution in [1.82, 2.24) is 0 Å². The van der Waals surface area contributed by atoms with Crippen LogP contribution in [0.3, 0.4) is 0 Å². The van der Waals surface area contributed by atoms with Gasteiger partial charge >= 0.3 is 6.15 Å². The SMILES string of the molecule is CCOc1c(C)ccc(C)c1C.CCOc1c(C)ccc(C)c1CC(C)=O.O=C=O. The van der Waals surface area contributed by atoms with Crippen molar-refractivity contribution < 1.29 is 23.9 Å². The van der Waals surface area contributed by atoms with Gasteiger partial charge in [0.1, 0.15) is 17.3 Å². The number of hydrogen-bond acceptors (Lipinski definition) is 5. The van der Waals surface area contributed by atoms with Gasteiger partial charge in [0.2, 0.25) is 0 Å². The maximum Gasteiger partial charge on any atom is 0.373 e. The minimum Gasteiger partial charge on any atom is -0.493 e. The van der Waals surface area contributed by atoms with Crippen LogP contribution in [0.4, 0.5) is 0 Å². The quantitative estimate of drug-likeness (QED) is 0.645. The third kappa shape index (κ3) is 8.62. The van der Waals surface area contributed by atoms with Crippen molar-refractivity contribution in [3.05, 3.63) is 57.6 Å². The summed E-state index contributed by atoms with van der Waals surface area (Å²) in [5.41, 5.74) is 7.03. The molecule has 0 heterocycles. The number of benzene rings is 2. The molecule has 5 heteroatoms. The van der Waals surface area contributed by atoms with Gasteiger partial charge in [-0.15, -0.1) is 0 Å². The van der Waals surface area contributed by atoms with Crippen molar-refractivity contribution in [3.63, 3.8) is 0 Å². The number of aryl methyl sites for hydroxylation is 4. The lowest BCUT2D eigenvalue weighted by molar-refractivity contribution is -0.191. The molecule has 0 saturated carbocycles. The Kier molecular flexibility index (Phi) is 12.8. The molecule has 0 aromatic heterocycles. The standard InChI is InChI=1S/C13H18O2.C11H16O.CO2/c1-5-15-13-10(3)7-6-9(2)12(13)8-11(4)14;1-5-12-11-9(3)7-6-8(2)10(11)4;2-1-3/h6-7H,5,8H2,1-4H3;6-7H,5H2,1-4H3;. The van der Waals surface area contributed by atoms with E-state index in [0.29, 0.717) is 13.0 Å². The van der Waals surface area contributed by atoms with E-state index in [-0.39, 0.29) is 11.9 Å². The van der Waals surface area contributed by atoms with E-state index in [1.807, 2.05) is 39.8 Å². The van der Waals surface area contributed by atoms with Crippen molar-refractivity contribution in [2.75, 3.05) is 13.2 Å². The molecule has 0 aliphatic heterocycles. The highest BCUT2D eigenvalue weighted by molar-refractivity contribution is 5.79. The molecule has 0 unspecified atom stereocenters. The van der Waals surface area contributed by atoms with Crippen LogP contribution in [0.25, 0.3) is 0 Å². The van der Waals surface area contributed by atoms with Crippen molar-refractivity contribution in [3.8, 4) is 11.5 Å². The van der Waals surface area contributed by atoms with Gasteiger partial charge in [-0.05, 0) is 83.2 Å². The van der Waals surface area contributed by atoms with Crippen LogP contribution in [0, 0.1) is 34.6 Å². The number of ketones is 1.